The number of hydrogen-bond donors (Lipinski definition) is 1. The molecule has 0 radical (unpaired) electrons. The van der Waals surface area contributed by atoms with Crippen molar-refractivity contribution in [3.63, 3.8) is 0 Å². The van der Waals surface area contributed by atoms with Crippen LogP contribution >= 0.6 is 11.3 Å². The van der Waals surface area contributed by atoms with E-state index in [1.807, 2.05) is 6.92 Å². The number of nitrogens with zero attached hydrogens (tertiary/aromatic N) is 2. The number of aromatic nitrogens is 2. The van der Waals surface area contributed by atoms with Gasteiger partial charge in [-0.1, -0.05) is 31.3 Å². The van der Waals surface area contributed by atoms with Gasteiger partial charge in [-0.05, 0) is 24.6 Å². The summed E-state index contributed by atoms with van der Waals surface area (Å²) in [6.45, 7) is 4.98. The van der Waals surface area contributed by atoms with Crippen LogP contribution in [0.4, 0.5) is 8.78 Å². The van der Waals surface area contributed by atoms with Crippen LogP contribution in [0.3, 0.4) is 0 Å². The summed E-state index contributed by atoms with van der Waals surface area (Å²) in [7, 11) is 0. The fourth-order valence-electron chi connectivity index (χ4n) is 1.96. The summed E-state index contributed by atoms with van der Waals surface area (Å²) in [5.74, 6) is -1.11. The Kier molecular flexibility index (Phi) is 5.14. The molecule has 0 saturated carbocycles. The van der Waals surface area contributed by atoms with Crippen molar-refractivity contribution in [3.05, 3.63) is 45.4 Å². The Balaban J connectivity index is 2.12. The topological polar surface area (TPSA) is 37.8 Å². The monoisotopic (exact) mass is 297 g/mol. The molecule has 0 aliphatic rings. The Morgan fingerprint density at radius 3 is 2.70 bits per heavy atom. The minimum atomic E-state index is -0.567. The van der Waals surface area contributed by atoms with Crippen molar-refractivity contribution in [2.45, 2.75) is 32.7 Å². The van der Waals surface area contributed by atoms with E-state index in [0.717, 1.165) is 29.0 Å². The van der Waals surface area contributed by atoms with Crippen molar-refractivity contribution >= 4 is 11.3 Å². The van der Waals surface area contributed by atoms with Gasteiger partial charge < -0.3 is 5.32 Å². The highest BCUT2D eigenvalue weighted by atomic mass is 32.1. The van der Waals surface area contributed by atoms with Crippen LogP contribution in [-0.4, -0.2) is 16.7 Å². The lowest BCUT2D eigenvalue weighted by molar-refractivity contribution is 0.530. The van der Waals surface area contributed by atoms with Crippen molar-refractivity contribution in [2.24, 2.45) is 0 Å². The second-order valence-electron chi connectivity index (χ2n) is 4.47. The SMILES string of the molecule is CCNC(CC)c1nnc(Cc2ccc(F)cc2F)s1. The molecule has 1 aromatic heterocycles. The van der Waals surface area contributed by atoms with E-state index < -0.39 is 11.6 Å². The van der Waals surface area contributed by atoms with Gasteiger partial charge in [-0.25, -0.2) is 8.78 Å². The first-order valence-electron chi connectivity index (χ1n) is 6.63. The standard InChI is InChI=1S/C14H17F2N3S/c1-3-12(17-4-2)14-19-18-13(20-14)7-9-5-6-10(15)8-11(9)16/h5-6,8,12,17H,3-4,7H2,1-2H3. The Morgan fingerprint density at radius 1 is 1.25 bits per heavy atom. The molecule has 0 amide bonds. The fourth-order valence-corrected chi connectivity index (χ4v) is 2.98. The smallest absolute Gasteiger partial charge is 0.134 e. The second kappa shape index (κ2) is 6.85. The molecule has 0 saturated heterocycles. The molecule has 0 bridgehead atoms. The van der Waals surface area contributed by atoms with Crippen molar-refractivity contribution < 1.29 is 8.78 Å². The molecule has 1 atom stereocenters. The summed E-state index contributed by atoms with van der Waals surface area (Å²) in [5, 5.41) is 13.2. The molecule has 1 unspecified atom stereocenters. The molecule has 0 fully saturated rings. The summed E-state index contributed by atoms with van der Waals surface area (Å²) in [5.41, 5.74) is 0.436. The van der Waals surface area contributed by atoms with E-state index in [1.165, 1.54) is 23.5 Å². The highest BCUT2D eigenvalue weighted by Gasteiger charge is 2.15. The maximum absolute atomic E-state index is 13.6. The van der Waals surface area contributed by atoms with Crippen LogP contribution in [0.25, 0.3) is 0 Å². The first kappa shape index (κ1) is 15.0. The van der Waals surface area contributed by atoms with Crippen molar-refractivity contribution in [1.82, 2.24) is 15.5 Å². The van der Waals surface area contributed by atoms with E-state index >= 15 is 0 Å². The highest BCUT2D eigenvalue weighted by Crippen LogP contribution is 2.23. The minimum absolute atomic E-state index is 0.185. The van der Waals surface area contributed by atoms with Crippen LogP contribution in [0.1, 0.15) is 41.9 Å². The summed E-state index contributed by atoms with van der Waals surface area (Å²) in [6, 6.07) is 3.79. The van der Waals surface area contributed by atoms with Crippen molar-refractivity contribution in [1.29, 1.82) is 0 Å². The van der Waals surface area contributed by atoms with E-state index in [1.54, 1.807) is 0 Å². The molecule has 20 heavy (non-hydrogen) atoms. The molecular formula is C14H17F2N3S. The van der Waals surface area contributed by atoms with Crippen LogP contribution in [0, 0.1) is 11.6 Å². The zero-order valence-electron chi connectivity index (χ0n) is 11.5. The van der Waals surface area contributed by atoms with Gasteiger partial charge in [0.15, 0.2) is 0 Å². The average Bonchev–Trinajstić information content (AvgIpc) is 2.87. The van der Waals surface area contributed by atoms with Gasteiger partial charge in [0.25, 0.3) is 0 Å². The molecule has 2 aromatic rings. The first-order valence-corrected chi connectivity index (χ1v) is 7.45. The molecule has 1 heterocycles. The molecule has 6 heteroatoms. The normalized spacial score (nSPS) is 12.6. The van der Waals surface area contributed by atoms with E-state index in [9.17, 15) is 8.78 Å². The lowest BCUT2D eigenvalue weighted by Gasteiger charge is -2.10. The lowest BCUT2D eigenvalue weighted by Crippen LogP contribution is -2.19. The Hall–Kier alpha value is -1.40. The van der Waals surface area contributed by atoms with Gasteiger partial charge in [0.1, 0.15) is 21.6 Å². The second-order valence-corrected chi connectivity index (χ2v) is 5.56. The van der Waals surface area contributed by atoms with Crippen molar-refractivity contribution in [2.75, 3.05) is 6.54 Å². The summed E-state index contributed by atoms with van der Waals surface area (Å²) >= 11 is 1.47. The molecule has 3 nitrogen and oxygen atoms in total. The number of halogens is 2. The van der Waals surface area contributed by atoms with Crippen LogP contribution in [0.15, 0.2) is 18.2 Å². The van der Waals surface area contributed by atoms with Gasteiger partial charge >= 0.3 is 0 Å². The third-order valence-electron chi connectivity index (χ3n) is 3.00. The fraction of sp³-hybridized carbons (Fsp3) is 0.429. The van der Waals surface area contributed by atoms with Gasteiger partial charge in [-0.3, -0.25) is 0 Å². The third kappa shape index (κ3) is 3.58. The van der Waals surface area contributed by atoms with Crippen LogP contribution in [0.2, 0.25) is 0 Å². The van der Waals surface area contributed by atoms with E-state index in [-0.39, 0.29) is 6.04 Å². The molecule has 108 valence electrons. The zero-order valence-corrected chi connectivity index (χ0v) is 12.3. The van der Waals surface area contributed by atoms with Gasteiger partial charge in [0.05, 0.1) is 6.04 Å². The summed E-state index contributed by atoms with van der Waals surface area (Å²) in [4.78, 5) is 0. The van der Waals surface area contributed by atoms with Gasteiger partial charge in [-0.15, -0.1) is 10.2 Å². The Labute approximate surface area is 121 Å². The van der Waals surface area contributed by atoms with Gasteiger partial charge in [0, 0.05) is 12.5 Å². The molecule has 0 aliphatic heterocycles. The molecule has 0 aliphatic carbocycles. The Bertz CT molecular complexity index is 571. The highest BCUT2D eigenvalue weighted by molar-refractivity contribution is 7.11. The van der Waals surface area contributed by atoms with Gasteiger partial charge in [-0.2, -0.15) is 0 Å². The maximum Gasteiger partial charge on any atom is 0.134 e. The van der Waals surface area contributed by atoms with Crippen molar-refractivity contribution in [3.8, 4) is 0 Å². The van der Waals surface area contributed by atoms with Crippen LogP contribution in [-0.2, 0) is 6.42 Å². The Morgan fingerprint density at radius 2 is 2.05 bits per heavy atom. The summed E-state index contributed by atoms with van der Waals surface area (Å²) in [6.07, 6.45) is 1.26. The molecule has 1 N–H and O–H groups in total. The van der Waals surface area contributed by atoms with E-state index in [0.29, 0.717) is 12.0 Å². The van der Waals surface area contributed by atoms with Crippen LogP contribution < -0.4 is 5.32 Å². The molecular weight excluding hydrogens is 280 g/mol. The first-order chi connectivity index (χ1) is 9.63. The lowest BCUT2D eigenvalue weighted by atomic mass is 10.1. The number of hydrogen-bond acceptors (Lipinski definition) is 4. The molecule has 0 spiro atoms. The molecule has 2 rings (SSSR count). The maximum atomic E-state index is 13.6. The summed E-state index contributed by atoms with van der Waals surface area (Å²) < 4.78 is 26.4. The number of nitrogens with one attached hydrogen (secondary N) is 1. The zero-order chi connectivity index (χ0) is 14.5. The predicted molar refractivity (Wildman–Crippen MR) is 75.8 cm³/mol. The van der Waals surface area contributed by atoms with Crippen LogP contribution in [0.5, 0.6) is 0 Å². The quantitative estimate of drug-likeness (QED) is 0.887. The predicted octanol–water partition coefficient (Wildman–Crippen LogP) is 3.47. The average molecular weight is 297 g/mol. The van der Waals surface area contributed by atoms with Gasteiger partial charge in [0.2, 0.25) is 0 Å². The van der Waals surface area contributed by atoms with E-state index in [2.05, 4.69) is 22.4 Å². The number of rotatable bonds is 6. The number of benzene rings is 1. The minimum Gasteiger partial charge on any atom is -0.308 e. The molecule has 1 aromatic carbocycles. The largest absolute Gasteiger partial charge is 0.308 e. The van der Waals surface area contributed by atoms with E-state index in [4.69, 9.17) is 0 Å². The third-order valence-corrected chi connectivity index (χ3v) is 4.03.